The number of ether oxygens (including phenoxy) is 4. The summed E-state index contributed by atoms with van der Waals surface area (Å²) >= 11 is 0. The first-order valence-electron chi connectivity index (χ1n) is 8.93. The topological polar surface area (TPSA) is 57.2 Å². The first-order valence-corrected chi connectivity index (χ1v) is 8.93. The van der Waals surface area contributed by atoms with Gasteiger partial charge in [0.2, 0.25) is 0 Å². The summed E-state index contributed by atoms with van der Waals surface area (Å²) in [7, 11) is 3.20. The summed E-state index contributed by atoms with van der Waals surface area (Å²) in [5.41, 5.74) is 4.63. The maximum atomic E-state index is 13.4. The van der Waals surface area contributed by atoms with Crippen LogP contribution >= 0.6 is 0 Å². The van der Waals surface area contributed by atoms with E-state index >= 15 is 0 Å². The van der Waals surface area contributed by atoms with Crippen molar-refractivity contribution in [2.24, 2.45) is 0 Å². The van der Waals surface area contributed by atoms with Gasteiger partial charge in [-0.1, -0.05) is 18.2 Å². The van der Waals surface area contributed by atoms with Gasteiger partial charge in [0.05, 0.1) is 39.7 Å². The molecule has 0 radical (unpaired) electrons. The Hall–Kier alpha value is -2.57. The third kappa shape index (κ3) is 2.59. The van der Waals surface area contributed by atoms with Crippen molar-refractivity contribution in [3.63, 3.8) is 0 Å². The Morgan fingerprint density at radius 1 is 1.00 bits per heavy atom. The molecule has 0 aromatic heterocycles. The van der Waals surface area contributed by atoms with Crippen LogP contribution in [-0.2, 0) is 26.6 Å². The summed E-state index contributed by atoms with van der Waals surface area (Å²) in [5.74, 6) is -0.212. The molecule has 2 heterocycles. The number of methoxy groups -OCH3 is 2. The zero-order valence-electron chi connectivity index (χ0n) is 16.0. The van der Waals surface area contributed by atoms with Crippen LogP contribution in [-0.4, -0.2) is 33.3 Å². The number of hydrogen-bond acceptors (Lipinski definition) is 5. The van der Waals surface area contributed by atoms with Gasteiger partial charge in [-0.3, -0.25) is 4.79 Å². The van der Waals surface area contributed by atoms with E-state index in [1.807, 2.05) is 44.2 Å². The second kappa shape index (κ2) is 6.55. The quantitative estimate of drug-likeness (QED) is 0.829. The third-order valence-corrected chi connectivity index (χ3v) is 5.20. The monoisotopic (exact) mass is 369 g/mol. The molecule has 0 unspecified atom stereocenters. The molecule has 1 saturated heterocycles. The van der Waals surface area contributed by atoms with Crippen molar-refractivity contribution in [2.75, 3.05) is 32.3 Å². The standard InChI is InChI=1S/C21H23NO5/c1-13-5-6-14(2)19-18(13)21(26-9-10-27-21)20(23)22(19)12-15-7-8-16(24-3)17(11-15)25-4/h5-8,11H,9-10,12H2,1-4H3. The molecule has 0 N–H and O–H groups in total. The predicted octanol–water partition coefficient (Wildman–Crippen LogP) is 3.07. The molecule has 2 aromatic rings. The number of carbonyl (C=O) groups excluding carboxylic acids is 1. The van der Waals surface area contributed by atoms with Gasteiger partial charge in [0, 0.05) is 5.56 Å². The van der Waals surface area contributed by atoms with E-state index in [0.717, 1.165) is 27.9 Å². The lowest BCUT2D eigenvalue weighted by molar-refractivity contribution is -0.181. The molecule has 0 atom stereocenters. The van der Waals surface area contributed by atoms with E-state index in [9.17, 15) is 4.79 Å². The van der Waals surface area contributed by atoms with Crippen LogP contribution < -0.4 is 14.4 Å². The van der Waals surface area contributed by atoms with Crippen LogP contribution in [0.25, 0.3) is 0 Å². The van der Waals surface area contributed by atoms with Crippen molar-refractivity contribution in [1.82, 2.24) is 0 Å². The number of anilines is 1. The van der Waals surface area contributed by atoms with E-state index in [1.165, 1.54) is 0 Å². The van der Waals surface area contributed by atoms with Crippen molar-refractivity contribution in [1.29, 1.82) is 0 Å². The number of fused-ring (bicyclic) bond motifs is 2. The molecule has 0 aliphatic carbocycles. The Kier molecular flexibility index (Phi) is 4.32. The zero-order valence-corrected chi connectivity index (χ0v) is 16.0. The van der Waals surface area contributed by atoms with Crippen LogP contribution in [0.4, 0.5) is 5.69 Å². The maximum Gasteiger partial charge on any atom is 0.292 e. The summed E-state index contributed by atoms with van der Waals surface area (Å²) in [5, 5.41) is 0. The largest absolute Gasteiger partial charge is 0.493 e. The molecule has 142 valence electrons. The maximum absolute atomic E-state index is 13.4. The van der Waals surface area contributed by atoms with Gasteiger partial charge in [-0.25, -0.2) is 0 Å². The molecule has 1 amide bonds. The SMILES string of the molecule is COc1ccc(CN2C(=O)C3(OCCO3)c3c(C)ccc(C)c32)cc1OC. The normalized spacial score (nSPS) is 17.5. The number of nitrogens with zero attached hydrogens (tertiary/aromatic N) is 1. The second-order valence-electron chi connectivity index (χ2n) is 6.82. The van der Waals surface area contributed by atoms with Crippen LogP contribution in [0.1, 0.15) is 22.3 Å². The lowest BCUT2D eigenvalue weighted by Crippen LogP contribution is -2.41. The first kappa shape index (κ1) is 17.8. The molecule has 2 aromatic carbocycles. The highest BCUT2D eigenvalue weighted by Gasteiger charge is 2.57. The fourth-order valence-corrected chi connectivity index (χ4v) is 3.94. The number of rotatable bonds is 4. The summed E-state index contributed by atoms with van der Waals surface area (Å²) < 4.78 is 22.4. The Morgan fingerprint density at radius 2 is 1.67 bits per heavy atom. The molecule has 1 spiro atoms. The highest BCUT2D eigenvalue weighted by atomic mass is 16.7. The summed E-state index contributed by atoms with van der Waals surface area (Å²) in [4.78, 5) is 15.1. The second-order valence-corrected chi connectivity index (χ2v) is 6.82. The fraction of sp³-hybridized carbons (Fsp3) is 0.381. The van der Waals surface area contributed by atoms with Gasteiger partial charge >= 0.3 is 0 Å². The van der Waals surface area contributed by atoms with Gasteiger partial charge in [0.1, 0.15) is 0 Å². The molecule has 6 nitrogen and oxygen atoms in total. The number of hydrogen-bond donors (Lipinski definition) is 0. The predicted molar refractivity (Wildman–Crippen MR) is 100 cm³/mol. The van der Waals surface area contributed by atoms with Gasteiger partial charge in [0.25, 0.3) is 11.7 Å². The molecule has 0 saturated carbocycles. The minimum absolute atomic E-state index is 0.179. The summed E-state index contributed by atoms with van der Waals surface area (Å²) in [6, 6.07) is 9.70. The smallest absolute Gasteiger partial charge is 0.292 e. The van der Waals surface area contributed by atoms with E-state index in [2.05, 4.69) is 0 Å². The summed E-state index contributed by atoms with van der Waals surface area (Å²) in [6.07, 6.45) is 0. The number of carbonyl (C=O) groups is 1. The van der Waals surface area contributed by atoms with E-state index < -0.39 is 5.79 Å². The Bertz CT molecular complexity index is 902. The fourth-order valence-electron chi connectivity index (χ4n) is 3.94. The zero-order chi connectivity index (χ0) is 19.2. The van der Waals surface area contributed by atoms with Crippen LogP contribution in [0, 0.1) is 13.8 Å². The first-order chi connectivity index (χ1) is 13.0. The van der Waals surface area contributed by atoms with E-state index in [1.54, 1.807) is 19.1 Å². The van der Waals surface area contributed by atoms with E-state index in [0.29, 0.717) is 31.3 Å². The average molecular weight is 369 g/mol. The van der Waals surface area contributed by atoms with Crippen molar-refractivity contribution >= 4 is 11.6 Å². The summed E-state index contributed by atoms with van der Waals surface area (Å²) in [6.45, 7) is 5.19. The van der Waals surface area contributed by atoms with Gasteiger partial charge in [0.15, 0.2) is 11.5 Å². The van der Waals surface area contributed by atoms with Crippen LogP contribution in [0.2, 0.25) is 0 Å². The van der Waals surface area contributed by atoms with Crippen molar-refractivity contribution in [3.8, 4) is 11.5 Å². The Balaban J connectivity index is 1.79. The van der Waals surface area contributed by atoms with Crippen LogP contribution in [0.3, 0.4) is 0 Å². The highest BCUT2D eigenvalue weighted by molar-refractivity contribution is 6.07. The van der Waals surface area contributed by atoms with E-state index in [-0.39, 0.29) is 5.91 Å². The molecule has 27 heavy (non-hydrogen) atoms. The Labute approximate surface area is 158 Å². The molecule has 1 fully saturated rings. The molecular weight excluding hydrogens is 346 g/mol. The third-order valence-electron chi connectivity index (χ3n) is 5.20. The molecular formula is C21H23NO5. The van der Waals surface area contributed by atoms with Gasteiger partial charge in [-0.2, -0.15) is 0 Å². The Morgan fingerprint density at radius 3 is 2.33 bits per heavy atom. The van der Waals surface area contributed by atoms with Crippen LogP contribution in [0.15, 0.2) is 30.3 Å². The molecule has 6 heteroatoms. The lowest BCUT2D eigenvalue weighted by Gasteiger charge is -2.23. The van der Waals surface area contributed by atoms with Crippen molar-refractivity contribution in [2.45, 2.75) is 26.2 Å². The minimum atomic E-state index is -1.32. The lowest BCUT2D eigenvalue weighted by atomic mass is 9.98. The number of benzene rings is 2. The van der Waals surface area contributed by atoms with Gasteiger partial charge < -0.3 is 23.8 Å². The van der Waals surface area contributed by atoms with Crippen molar-refractivity contribution < 1.29 is 23.7 Å². The van der Waals surface area contributed by atoms with Crippen molar-refractivity contribution in [3.05, 3.63) is 52.6 Å². The van der Waals surface area contributed by atoms with Gasteiger partial charge in [-0.05, 0) is 42.7 Å². The van der Waals surface area contributed by atoms with Crippen LogP contribution in [0.5, 0.6) is 11.5 Å². The molecule has 2 aliphatic rings. The van der Waals surface area contributed by atoms with E-state index in [4.69, 9.17) is 18.9 Å². The minimum Gasteiger partial charge on any atom is -0.493 e. The number of amides is 1. The van der Waals surface area contributed by atoms with Gasteiger partial charge in [-0.15, -0.1) is 0 Å². The highest BCUT2D eigenvalue weighted by Crippen LogP contribution is 2.49. The average Bonchev–Trinajstić information content (AvgIpc) is 3.25. The molecule has 0 bridgehead atoms. The molecule has 4 rings (SSSR count). The number of aryl methyl sites for hydroxylation is 2. The molecule has 2 aliphatic heterocycles.